The number of hydrogen-bond donors (Lipinski definition) is 1. The molecule has 1 amide bonds. The van der Waals surface area contributed by atoms with Gasteiger partial charge in [-0.3, -0.25) is 4.79 Å². The normalized spacial score (nSPS) is 18.8. The number of nitrogens with zero attached hydrogens (tertiary/aromatic N) is 1. The Hall–Kier alpha value is -0.770. The van der Waals surface area contributed by atoms with Crippen molar-refractivity contribution in [1.82, 2.24) is 5.32 Å². The molecule has 1 aliphatic rings. The molecule has 1 rings (SSSR count). The van der Waals surface area contributed by atoms with Gasteiger partial charge in [-0.25, -0.2) is 4.99 Å². The van der Waals surface area contributed by atoms with Crippen LogP contribution in [0.5, 0.6) is 0 Å². The first-order valence-corrected chi connectivity index (χ1v) is 4.22. The number of hydrogen-bond acceptors (Lipinski definition) is 2. The lowest BCUT2D eigenvalue weighted by Crippen LogP contribution is -2.39. The van der Waals surface area contributed by atoms with Gasteiger partial charge in [0.1, 0.15) is 0 Å². The van der Waals surface area contributed by atoms with E-state index in [4.69, 9.17) is 12.2 Å². The second kappa shape index (κ2) is 2.94. The van der Waals surface area contributed by atoms with Gasteiger partial charge in [0.2, 0.25) is 5.91 Å². The van der Waals surface area contributed by atoms with E-state index in [0.717, 1.165) is 5.71 Å². The molecule has 66 valence electrons. The Morgan fingerprint density at radius 2 is 2.08 bits per heavy atom. The zero-order valence-corrected chi connectivity index (χ0v) is 8.29. The summed E-state index contributed by atoms with van der Waals surface area (Å²) in [6, 6.07) is 0. The zero-order valence-electron chi connectivity index (χ0n) is 7.47. The van der Waals surface area contributed by atoms with E-state index in [9.17, 15) is 4.79 Å². The molecular formula is C8H12N2OS. The first-order chi connectivity index (χ1) is 5.39. The smallest absolute Gasteiger partial charge is 0.231 e. The van der Waals surface area contributed by atoms with Gasteiger partial charge in [-0.15, -0.1) is 0 Å². The minimum absolute atomic E-state index is 0.0556. The number of rotatable bonds is 0. The Morgan fingerprint density at radius 3 is 2.50 bits per heavy atom. The maximum absolute atomic E-state index is 11.1. The highest BCUT2D eigenvalue weighted by Gasteiger charge is 2.25. The fourth-order valence-corrected chi connectivity index (χ4v) is 1.16. The lowest BCUT2D eigenvalue weighted by Gasteiger charge is -2.24. The van der Waals surface area contributed by atoms with Gasteiger partial charge in [0.05, 0.1) is 6.42 Å². The van der Waals surface area contributed by atoms with Crippen LogP contribution in [0.3, 0.4) is 0 Å². The van der Waals surface area contributed by atoms with Crippen LogP contribution in [0.1, 0.15) is 27.2 Å². The predicted molar refractivity (Wildman–Crippen MR) is 52.2 cm³/mol. The largest absolute Gasteiger partial charge is 0.301 e. The number of carbonyl (C=O) groups is 1. The van der Waals surface area contributed by atoms with Crippen LogP contribution in [-0.2, 0) is 4.79 Å². The third-order valence-electron chi connectivity index (χ3n) is 1.68. The quantitative estimate of drug-likeness (QED) is 0.576. The van der Waals surface area contributed by atoms with Gasteiger partial charge in [0.15, 0.2) is 5.11 Å². The molecule has 0 fully saturated rings. The average molecular weight is 184 g/mol. The number of carbonyl (C=O) groups excluding carboxylic acids is 1. The Bertz CT molecular complexity index is 263. The third-order valence-corrected chi connectivity index (χ3v) is 1.87. The molecule has 0 aromatic rings. The molecule has 3 nitrogen and oxygen atoms in total. The van der Waals surface area contributed by atoms with Gasteiger partial charge in [-0.2, -0.15) is 0 Å². The summed E-state index contributed by atoms with van der Waals surface area (Å²) in [5, 5.41) is 2.77. The molecule has 4 heteroatoms. The molecular weight excluding hydrogens is 172 g/mol. The van der Waals surface area contributed by atoms with E-state index < -0.39 is 0 Å². The molecule has 0 unspecified atom stereocenters. The minimum atomic E-state index is -0.0676. The number of thiocarbonyl (C=S) groups is 1. The first kappa shape index (κ1) is 9.32. The topological polar surface area (TPSA) is 41.5 Å². The van der Waals surface area contributed by atoms with Crippen LogP contribution in [-0.4, -0.2) is 16.7 Å². The molecule has 0 atom stereocenters. The Labute approximate surface area is 77.3 Å². The molecule has 0 radical (unpaired) electrons. The second-order valence-electron chi connectivity index (χ2n) is 3.84. The zero-order chi connectivity index (χ0) is 9.35. The molecule has 0 saturated carbocycles. The van der Waals surface area contributed by atoms with Crippen molar-refractivity contribution in [3.05, 3.63) is 0 Å². The van der Waals surface area contributed by atoms with Crippen molar-refractivity contribution in [2.24, 2.45) is 10.4 Å². The maximum Gasteiger partial charge on any atom is 0.231 e. The summed E-state index contributed by atoms with van der Waals surface area (Å²) in [5.41, 5.74) is 0.790. The first-order valence-electron chi connectivity index (χ1n) is 3.81. The van der Waals surface area contributed by atoms with Crippen LogP contribution in [0, 0.1) is 5.41 Å². The Balaban J connectivity index is 2.92. The van der Waals surface area contributed by atoms with Crippen molar-refractivity contribution in [2.75, 3.05) is 0 Å². The van der Waals surface area contributed by atoms with Crippen LogP contribution in [0.25, 0.3) is 0 Å². The highest BCUT2D eigenvalue weighted by atomic mass is 32.1. The second-order valence-corrected chi connectivity index (χ2v) is 4.23. The standard InChI is InChI=1S/C8H12N2OS/c1-8(2,3)5-4-6(11)10-7(12)9-5/h4H2,1-3H3,(H,10,11,12). The SMILES string of the molecule is CC(C)(C)C1=NC(=S)NC(=O)C1. The number of amides is 1. The molecule has 0 bridgehead atoms. The molecule has 1 aliphatic heterocycles. The Morgan fingerprint density at radius 1 is 1.50 bits per heavy atom. The summed E-state index contributed by atoms with van der Waals surface area (Å²) >= 11 is 4.81. The van der Waals surface area contributed by atoms with Crippen molar-refractivity contribution in [3.8, 4) is 0 Å². The molecule has 0 spiro atoms. The molecule has 0 aromatic heterocycles. The monoisotopic (exact) mass is 184 g/mol. The summed E-state index contributed by atoms with van der Waals surface area (Å²) < 4.78 is 0. The molecule has 0 aliphatic carbocycles. The summed E-state index contributed by atoms with van der Waals surface area (Å²) in [4.78, 5) is 15.2. The van der Waals surface area contributed by atoms with Crippen molar-refractivity contribution >= 4 is 28.9 Å². The van der Waals surface area contributed by atoms with Gasteiger partial charge in [-0.05, 0) is 12.2 Å². The molecule has 0 saturated heterocycles. The van der Waals surface area contributed by atoms with Crippen LogP contribution >= 0.6 is 12.2 Å². The van der Waals surface area contributed by atoms with Crippen molar-refractivity contribution in [1.29, 1.82) is 0 Å². The van der Waals surface area contributed by atoms with E-state index in [1.165, 1.54) is 0 Å². The summed E-state index contributed by atoms with van der Waals surface area (Å²) in [6.07, 6.45) is 0.365. The highest BCUT2D eigenvalue weighted by molar-refractivity contribution is 7.80. The average Bonchev–Trinajstić information content (AvgIpc) is 1.82. The van der Waals surface area contributed by atoms with Crippen LogP contribution in [0.2, 0.25) is 0 Å². The molecule has 1 N–H and O–H groups in total. The van der Waals surface area contributed by atoms with E-state index in [1.807, 2.05) is 20.8 Å². The fraction of sp³-hybridized carbons (Fsp3) is 0.625. The Kier molecular flexibility index (Phi) is 2.28. The van der Waals surface area contributed by atoms with Gasteiger partial charge in [0, 0.05) is 11.1 Å². The van der Waals surface area contributed by atoms with E-state index in [-0.39, 0.29) is 16.4 Å². The minimum Gasteiger partial charge on any atom is -0.301 e. The number of aliphatic imine (C=N–C) groups is 1. The maximum atomic E-state index is 11.1. The van der Waals surface area contributed by atoms with Crippen LogP contribution in [0.4, 0.5) is 0 Å². The third kappa shape index (κ3) is 2.11. The van der Waals surface area contributed by atoms with Crippen molar-refractivity contribution in [3.63, 3.8) is 0 Å². The summed E-state index contributed by atoms with van der Waals surface area (Å²) in [7, 11) is 0. The van der Waals surface area contributed by atoms with Gasteiger partial charge >= 0.3 is 0 Å². The van der Waals surface area contributed by atoms with Gasteiger partial charge < -0.3 is 5.32 Å². The van der Waals surface area contributed by atoms with E-state index in [2.05, 4.69) is 10.3 Å². The van der Waals surface area contributed by atoms with E-state index >= 15 is 0 Å². The summed E-state index contributed by atoms with van der Waals surface area (Å²) in [5.74, 6) is -0.0556. The highest BCUT2D eigenvalue weighted by Crippen LogP contribution is 2.20. The van der Waals surface area contributed by atoms with E-state index in [0.29, 0.717) is 6.42 Å². The number of nitrogens with one attached hydrogen (secondary N) is 1. The van der Waals surface area contributed by atoms with Crippen molar-refractivity contribution in [2.45, 2.75) is 27.2 Å². The van der Waals surface area contributed by atoms with Gasteiger partial charge in [-0.1, -0.05) is 20.8 Å². The van der Waals surface area contributed by atoms with E-state index in [1.54, 1.807) is 0 Å². The van der Waals surface area contributed by atoms with Gasteiger partial charge in [0.25, 0.3) is 0 Å². The predicted octanol–water partition coefficient (Wildman–Crippen LogP) is 1.28. The lowest BCUT2D eigenvalue weighted by atomic mass is 9.87. The van der Waals surface area contributed by atoms with Crippen LogP contribution in [0.15, 0.2) is 4.99 Å². The fourth-order valence-electron chi connectivity index (χ4n) is 0.938. The molecule has 1 heterocycles. The van der Waals surface area contributed by atoms with Crippen molar-refractivity contribution < 1.29 is 4.79 Å². The molecule has 0 aromatic carbocycles. The van der Waals surface area contributed by atoms with Crippen LogP contribution < -0.4 is 5.32 Å². The summed E-state index contributed by atoms with van der Waals surface area (Å²) in [6.45, 7) is 6.06. The molecule has 12 heavy (non-hydrogen) atoms. The lowest BCUT2D eigenvalue weighted by molar-refractivity contribution is -0.118.